The van der Waals surface area contributed by atoms with Crippen molar-refractivity contribution in [1.82, 2.24) is 0 Å². The highest BCUT2D eigenvalue weighted by atomic mass is 16.5. The molecule has 0 aromatic heterocycles. The molecule has 6 nitrogen and oxygen atoms in total. The largest absolute Gasteiger partial charge is 0.504 e. The summed E-state index contributed by atoms with van der Waals surface area (Å²) in [5.74, 6) is -0.539. The van der Waals surface area contributed by atoms with E-state index in [2.05, 4.69) is 0 Å². The zero-order chi connectivity index (χ0) is 18.0. The van der Waals surface area contributed by atoms with E-state index in [-0.39, 0.29) is 35.1 Å². The van der Waals surface area contributed by atoms with E-state index in [4.69, 9.17) is 9.47 Å². The highest BCUT2D eigenvalue weighted by Crippen LogP contribution is 2.33. The average Bonchev–Trinajstić information content (AvgIpc) is 2.93. The van der Waals surface area contributed by atoms with Crippen molar-refractivity contribution in [3.8, 4) is 23.0 Å². The Morgan fingerprint density at radius 3 is 2.36 bits per heavy atom. The van der Waals surface area contributed by atoms with Gasteiger partial charge in [-0.25, -0.2) is 0 Å². The number of hydrogen-bond acceptors (Lipinski definition) is 6. The molecular weight excluding hydrogens is 324 g/mol. The molecule has 0 aliphatic carbocycles. The van der Waals surface area contributed by atoms with Gasteiger partial charge in [0.05, 0.1) is 19.6 Å². The van der Waals surface area contributed by atoms with Crippen LogP contribution in [-0.2, 0) is 22.4 Å². The number of carbonyl (C=O) groups excluding carboxylic acids is 1. The molecule has 25 heavy (non-hydrogen) atoms. The van der Waals surface area contributed by atoms with Crippen LogP contribution in [0.15, 0.2) is 36.4 Å². The van der Waals surface area contributed by atoms with Gasteiger partial charge in [-0.05, 0) is 48.2 Å². The Morgan fingerprint density at radius 1 is 1.00 bits per heavy atom. The lowest BCUT2D eigenvalue weighted by Gasteiger charge is -2.16. The van der Waals surface area contributed by atoms with Crippen molar-refractivity contribution in [3.63, 3.8) is 0 Å². The fourth-order valence-corrected chi connectivity index (χ4v) is 3.16. The number of carbonyl (C=O) groups is 1. The molecule has 0 unspecified atom stereocenters. The lowest BCUT2D eigenvalue weighted by Crippen LogP contribution is -2.20. The van der Waals surface area contributed by atoms with E-state index in [1.807, 2.05) is 0 Å². The SMILES string of the molecule is COc1cc(C[C@H]2COC(=O)[C@@H]2Cc2ccc(O)c(O)c2)ccc1O. The molecule has 3 N–H and O–H groups in total. The van der Waals surface area contributed by atoms with Crippen molar-refractivity contribution in [2.45, 2.75) is 12.8 Å². The summed E-state index contributed by atoms with van der Waals surface area (Å²) < 4.78 is 10.3. The van der Waals surface area contributed by atoms with Crippen LogP contribution < -0.4 is 4.74 Å². The van der Waals surface area contributed by atoms with Crippen LogP contribution in [0.1, 0.15) is 11.1 Å². The summed E-state index contributed by atoms with van der Waals surface area (Å²) >= 11 is 0. The fraction of sp³-hybridized carbons (Fsp3) is 0.316. The van der Waals surface area contributed by atoms with Crippen molar-refractivity contribution < 1.29 is 29.6 Å². The predicted molar refractivity (Wildman–Crippen MR) is 89.8 cm³/mol. The standard InChI is InChI=1S/C19H20O6/c1-24-18-9-11(3-5-16(18)21)6-13-10-25-19(23)14(13)7-12-2-4-15(20)17(22)8-12/h2-5,8-9,13-14,20-22H,6-7,10H2,1H3/t13-,14+/m0/s1. The van der Waals surface area contributed by atoms with Crippen molar-refractivity contribution in [2.24, 2.45) is 11.8 Å². The third-order valence-corrected chi connectivity index (χ3v) is 4.55. The number of cyclic esters (lactones) is 1. The van der Waals surface area contributed by atoms with Gasteiger partial charge in [-0.2, -0.15) is 0 Å². The number of methoxy groups -OCH3 is 1. The maximum atomic E-state index is 12.1. The minimum Gasteiger partial charge on any atom is -0.504 e. The Morgan fingerprint density at radius 2 is 1.68 bits per heavy atom. The molecular formula is C19H20O6. The maximum absolute atomic E-state index is 12.1. The number of phenolic OH excluding ortho intramolecular Hbond substituents is 3. The maximum Gasteiger partial charge on any atom is 0.309 e. The molecule has 1 fully saturated rings. The summed E-state index contributed by atoms with van der Waals surface area (Å²) in [7, 11) is 1.49. The molecule has 0 bridgehead atoms. The number of benzene rings is 2. The summed E-state index contributed by atoms with van der Waals surface area (Å²) in [4.78, 5) is 12.1. The molecule has 3 rings (SSSR count). The monoisotopic (exact) mass is 344 g/mol. The second-order valence-corrected chi connectivity index (χ2v) is 6.23. The molecule has 0 spiro atoms. The first kappa shape index (κ1) is 17.0. The van der Waals surface area contributed by atoms with Crippen LogP contribution in [0.5, 0.6) is 23.0 Å². The van der Waals surface area contributed by atoms with Crippen molar-refractivity contribution >= 4 is 5.97 Å². The van der Waals surface area contributed by atoms with Gasteiger partial charge in [-0.3, -0.25) is 4.79 Å². The first-order chi connectivity index (χ1) is 12.0. The highest BCUT2D eigenvalue weighted by molar-refractivity contribution is 5.75. The molecule has 1 aliphatic heterocycles. The Bertz CT molecular complexity index is 785. The van der Waals surface area contributed by atoms with Crippen LogP contribution in [-0.4, -0.2) is 35.0 Å². The van der Waals surface area contributed by atoms with Gasteiger partial charge in [0, 0.05) is 5.92 Å². The first-order valence-corrected chi connectivity index (χ1v) is 8.01. The van der Waals surface area contributed by atoms with Crippen LogP contribution >= 0.6 is 0 Å². The van der Waals surface area contributed by atoms with Crippen LogP contribution in [0, 0.1) is 11.8 Å². The molecule has 1 aliphatic rings. The van der Waals surface area contributed by atoms with Crippen molar-refractivity contribution in [2.75, 3.05) is 13.7 Å². The average molecular weight is 344 g/mol. The van der Waals surface area contributed by atoms with Gasteiger partial charge in [0.15, 0.2) is 23.0 Å². The molecule has 1 heterocycles. The second kappa shape index (κ2) is 6.93. The molecule has 6 heteroatoms. The Labute approximate surface area is 145 Å². The number of phenols is 3. The molecule has 2 aromatic rings. The predicted octanol–water partition coefficient (Wildman–Crippen LogP) is 2.39. The summed E-state index contributed by atoms with van der Waals surface area (Å²) in [6.07, 6.45) is 1.03. The topological polar surface area (TPSA) is 96.2 Å². The van der Waals surface area contributed by atoms with E-state index in [0.717, 1.165) is 11.1 Å². The normalized spacial score (nSPS) is 19.6. The van der Waals surface area contributed by atoms with Gasteiger partial charge in [0.2, 0.25) is 0 Å². The van der Waals surface area contributed by atoms with Crippen LogP contribution in [0.4, 0.5) is 0 Å². The zero-order valence-corrected chi connectivity index (χ0v) is 13.8. The number of ether oxygens (including phenoxy) is 2. The molecule has 0 saturated carbocycles. The van der Waals surface area contributed by atoms with Gasteiger partial charge in [-0.15, -0.1) is 0 Å². The number of esters is 1. The summed E-state index contributed by atoms with van der Waals surface area (Å²) in [5, 5.41) is 28.7. The summed E-state index contributed by atoms with van der Waals surface area (Å²) in [5.41, 5.74) is 1.70. The molecule has 0 radical (unpaired) electrons. The van der Waals surface area contributed by atoms with E-state index in [1.54, 1.807) is 24.3 Å². The van der Waals surface area contributed by atoms with E-state index in [0.29, 0.717) is 25.2 Å². The molecule has 1 saturated heterocycles. The first-order valence-electron chi connectivity index (χ1n) is 8.01. The number of rotatable bonds is 5. The van der Waals surface area contributed by atoms with Crippen LogP contribution in [0.25, 0.3) is 0 Å². The lowest BCUT2D eigenvalue weighted by molar-refractivity contribution is -0.141. The van der Waals surface area contributed by atoms with E-state index in [9.17, 15) is 20.1 Å². The van der Waals surface area contributed by atoms with Gasteiger partial charge >= 0.3 is 5.97 Å². The molecule has 2 aromatic carbocycles. The van der Waals surface area contributed by atoms with Gasteiger partial charge in [-0.1, -0.05) is 12.1 Å². The minimum atomic E-state index is -0.330. The molecule has 2 atom stereocenters. The van der Waals surface area contributed by atoms with E-state index in [1.165, 1.54) is 19.2 Å². The summed E-state index contributed by atoms with van der Waals surface area (Å²) in [6, 6.07) is 9.66. The van der Waals surface area contributed by atoms with Crippen LogP contribution in [0.3, 0.4) is 0 Å². The molecule has 0 amide bonds. The van der Waals surface area contributed by atoms with Crippen molar-refractivity contribution in [3.05, 3.63) is 47.5 Å². The van der Waals surface area contributed by atoms with E-state index >= 15 is 0 Å². The number of aromatic hydroxyl groups is 3. The number of hydrogen-bond donors (Lipinski definition) is 3. The minimum absolute atomic E-state index is 0.0160. The van der Waals surface area contributed by atoms with Crippen molar-refractivity contribution in [1.29, 1.82) is 0 Å². The van der Waals surface area contributed by atoms with Gasteiger partial charge in [0.25, 0.3) is 0 Å². The Balaban J connectivity index is 1.76. The van der Waals surface area contributed by atoms with E-state index < -0.39 is 0 Å². The van der Waals surface area contributed by atoms with Crippen LogP contribution in [0.2, 0.25) is 0 Å². The fourth-order valence-electron chi connectivity index (χ4n) is 3.16. The third-order valence-electron chi connectivity index (χ3n) is 4.55. The Hall–Kier alpha value is -2.89. The van der Waals surface area contributed by atoms with Gasteiger partial charge in [0.1, 0.15) is 0 Å². The quantitative estimate of drug-likeness (QED) is 0.569. The third kappa shape index (κ3) is 3.63. The van der Waals surface area contributed by atoms with Gasteiger partial charge < -0.3 is 24.8 Å². The smallest absolute Gasteiger partial charge is 0.309 e. The summed E-state index contributed by atoms with van der Waals surface area (Å²) in [6.45, 7) is 0.330. The second-order valence-electron chi connectivity index (χ2n) is 6.23. The molecule has 132 valence electrons. The zero-order valence-electron chi connectivity index (χ0n) is 13.8. The highest BCUT2D eigenvalue weighted by Gasteiger charge is 2.37. The lowest BCUT2D eigenvalue weighted by atomic mass is 9.85. The Kier molecular flexibility index (Phi) is 4.70.